The third kappa shape index (κ3) is 35.6. The van der Waals surface area contributed by atoms with Gasteiger partial charge in [0.1, 0.15) is 0 Å². The second kappa shape index (κ2) is 26.8. The number of nitrogens with zero attached hydrogens (tertiary/aromatic N) is 5. The van der Waals surface area contributed by atoms with Crippen molar-refractivity contribution < 1.29 is 93.6 Å². The Morgan fingerprint density at radius 3 is 1.27 bits per heavy atom. The Kier molecular flexibility index (Phi) is 27.9. The second-order valence-corrected chi connectivity index (χ2v) is 9.16. The number of carbonyl (C=O) groups excluding carboxylic acids is 2. The Morgan fingerprint density at radius 2 is 1.05 bits per heavy atom. The summed E-state index contributed by atoms with van der Waals surface area (Å²) in [4.78, 5) is 36.8. The van der Waals surface area contributed by atoms with Gasteiger partial charge in [0.2, 0.25) is 0 Å². The van der Waals surface area contributed by atoms with Crippen molar-refractivity contribution in [2.45, 2.75) is 33.9 Å². The molecule has 0 N–H and O–H groups in total. The third-order valence-corrected chi connectivity index (χ3v) is 4.27. The number of carbonyl (C=O) groups is 2. The van der Waals surface area contributed by atoms with Gasteiger partial charge in [0.05, 0.1) is 43.8 Å². The van der Waals surface area contributed by atoms with E-state index < -0.39 is 20.5 Å². The third-order valence-electron chi connectivity index (χ3n) is 4.27. The molecule has 44 heavy (non-hydrogen) atoms. The van der Waals surface area contributed by atoms with Crippen LogP contribution in [-0.4, -0.2) is 71.1 Å². The van der Waals surface area contributed by atoms with Crippen LogP contribution in [0.4, 0.5) is 0 Å². The van der Waals surface area contributed by atoms with Crippen molar-refractivity contribution in [3.8, 4) is 6.07 Å². The number of hydrogen-bond acceptors (Lipinski definition) is 17. The Labute approximate surface area is 269 Å². The fourth-order valence-corrected chi connectivity index (χ4v) is 2.93. The van der Waals surface area contributed by atoms with E-state index in [0.29, 0.717) is 39.4 Å². The van der Waals surface area contributed by atoms with Crippen molar-refractivity contribution in [2.24, 2.45) is 0 Å². The predicted octanol–water partition coefficient (Wildman–Crippen LogP) is -7.08. The second-order valence-electron chi connectivity index (χ2n) is 7.65. The Hall–Kier alpha value is -2.58. The van der Waals surface area contributed by atoms with Gasteiger partial charge in [-0.2, -0.15) is 5.26 Å². The molecule has 0 aliphatic heterocycles. The van der Waals surface area contributed by atoms with E-state index in [1.54, 1.807) is 32.3 Å². The zero-order valence-electron chi connectivity index (χ0n) is 24.0. The van der Waals surface area contributed by atoms with Gasteiger partial charge < -0.3 is 9.47 Å². The molecule has 249 valence electrons. The molecule has 0 aromatic carbocycles. The molecule has 0 bridgehead atoms. The van der Waals surface area contributed by atoms with Gasteiger partial charge in [-0.1, -0.05) is 12.1 Å². The molecule has 0 saturated carbocycles. The number of rotatable bonds is 13. The van der Waals surface area contributed by atoms with E-state index in [0.717, 1.165) is 11.4 Å². The van der Waals surface area contributed by atoms with Crippen molar-refractivity contribution in [2.75, 3.05) is 39.4 Å². The summed E-state index contributed by atoms with van der Waals surface area (Å²) >= 11 is 0. The Bertz CT molecular complexity index is 956. The summed E-state index contributed by atoms with van der Waals surface area (Å²) in [6, 6.07) is 13.1. The normalized spacial score (nSPS) is 10.4. The molecule has 0 fully saturated rings. The molecule has 20 heteroatoms. The number of halogens is 2. The van der Waals surface area contributed by atoms with Crippen LogP contribution in [0, 0.1) is 31.8 Å². The number of pyridine rings is 2. The first-order chi connectivity index (χ1) is 20.0. The molecule has 0 unspecified atom stereocenters. The average Bonchev–Trinajstić information content (AvgIpc) is 2.87. The van der Waals surface area contributed by atoms with E-state index >= 15 is 0 Å². The van der Waals surface area contributed by atoms with Crippen molar-refractivity contribution >= 4 is 11.9 Å². The fourth-order valence-electron chi connectivity index (χ4n) is 2.93. The van der Waals surface area contributed by atoms with Gasteiger partial charge >= 0.3 is 28.7 Å². The summed E-state index contributed by atoms with van der Waals surface area (Å²) in [5.74, 6) is -0.565. The van der Waals surface area contributed by atoms with Gasteiger partial charge in [-0.15, -0.1) is 20.5 Å². The first kappa shape index (κ1) is 45.8. The van der Waals surface area contributed by atoms with E-state index in [1.807, 2.05) is 46.2 Å². The van der Waals surface area contributed by atoms with Gasteiger partial charge in [0.25, 0.3) is 0 Å². The maximum Gasteiger partial charge on any atom is 2.00 e. The summed E-state index contributed by atoms with van der Waals surface area (Å²) in [5, 5.41) is 7.32. The van der Waals surface area contributed by atoms with Crippen LogP contribution in [0.3, 0.4) is 0 Å². The molecule has 0 spiro atoms. The molecular weight excluding hydrogens is 680 g/mol. The standard InChI is InChI=1S/C22H30N4O4.C2H3N.2ClHO4.Co/c1-3-29-21(27)17-25(15-19-9-5-7-11-23-19)13-14-26(18-22(28)30-4-2)16-20-10-6-8-12-24-20;1-2-3;2*2-1(3,4)5;/h5-12H,3-4,13-18H2,1-2H3;1H3;2*(H,2,3,4,5);/q;;;;+2/p-2. The van der Waals surface area contributed by atoms with E-state index in [1.165, 1.54) is 6.92 Å². The molecule has 2 heterocycles. The number of hydrogen-bond donors (Lipinski definition) is 0. The number of esters is 2. The van der Waals surface area contributed by atoms with E-state index in [2.05, 4.69) is 9.97 Å². The monoisotopic (exact) mass is 712 g/mol. The van der Waals surface area contributed by atoms with Gasteiger partial charge in [-0.3, -0.25) is 29.4 Å². The summed E-state index contributed by atoms with van der Waals surface area (Å²) in [6.07, 6.45) is 3.46. The molecular formula is C24H33Cl2CoN5O12. The molecule has 0 amide bonds. The minimum Gasteiger partial charge on any atom is -0.465 e. The van der Waals surface area contributed by atoms with Gasteiger partial charge in [-0.05, 0) is 38.1 Å². The van der Waals surface area contributed by atoms with Crippen molar-refractivity contribution in [3.05, 3.63) is 60.2 Å². The van der Waals surface area contributed by atoms with E-state index in [4.69, 9.17) is 52.0 Å². The molecule has 1 radical (unpaired) electrons. The minimum atomic E-state index is -4.94. The molecule has 2 rings (SSSR count). The molecule has 0 aliphatic carbocycles. The largest absolute Gasteiger partial charge is 2.00 e. The van der Waals surface area contributed by atoms with Crippen LogP contribution in [-0.2, 0) is 48.9 Å². The molecule has 0 saturated heterocycles. The zero-order chi connectivity index (χ0) is 33.3. The van der Waals surface area contributed by atoms with Crippen molar-refractivity contribution in [1.29, 1.82) is 5.26 Å². The van der Waals surface area contributed by atoms with Crippen molar-refractivity contribution in [3.63, 3.8) is 0 Å². The molecule has 2 aromatic rings. The Balaban J connectivity index is -0.00000101. The number of nitriles is 1. The first-order valence-corrected chi connectivity index (χ1v) is 14.6. The fraction of sp³-hybridized carbons (Fsp3) is 0.458. The van der Waals surface area contributed by atoms with Crippen LogP contribution in [0.15, 0.2) is 48.8 Å². The smallest absolute Gasteiger partial charge is 0.465 e. The SMILES string of the molecule is CC#N.CCOC(=O)CN(CCN(CC(=O)OCC)Cc1ccccn1)Cc1ccccn1.[Co+2].[O-][Cl+3]([O-])([O-])[O-].[O-][Cl+3]([O-])([O-])[O-]. The van der Waals surface area contributed by atoms with Crippen LogP contribution in [0.25, 0.3) is 0 Å². The van der Waals surface area contributed by atoms with Crippen LogP contribution < -0.4 is 37.3 Å². The number of aromatic nitrogens is 2. The van der Waals surface area contributed by atoms with Crippen LogP contribution in [0.5, 0.6) is 0 Å². The van der Waals surface area contributed by atoms with Crippen LogP contribution >= 0.6 is 0 Å². The van der Waals surface area contributed by atoms with Crippen molar-refractivity contribution in [1.82, 2.24) is 19.8 Å². The minimum absolute atomic E-state index is 0. The average molecular weight is 713 g/mol. The Morgan fingerprint density at radius 1 is 0.750 bits per heavy atom. The quantitative estimate of drug-likeness (QED) is 0.174. The van der Waals surface area contributed by atoms with Gasteiger partial charge in [0.15, 0.2) is 0 Å². The van der Waals surface area contributed by atoms with Crippen LogP contribution in [0.2, 0.25) is 0 Å². The van der Waals surface area contributed by atoms with Gasteiger partial charge in [-0.25, -0.2) is 37.3 Å². The summed E-state index contributed by atoms with van der Waals surface area (Å²) in [7, 11) is -9.89. The summed E-state index contributed by atoms with van der Waals surface area (Å²) in [5.41, 5.74) is 1.73. The van der Waals surface area contributed by atoms with Gasteiger partial charge in [0, 0.05) is 45.5 Å². The maximum absolute atomic E-state index is 12.1. The van der Waals surface area contributed by atoms with E-state index in [9.17, 15) is 9.59 Å². The molecule has 17 nitrogen and oxygen atoms in total. The topological polar surface area (TPSA) is 293 Å². The first-order valence-electron chi connectivity index (χ1n) is 12.1. The predicted molar refractivity (Wildman–Crippen MR) is 124 cm³/mol. The molecule has 0 atom stereocenters. The van der Waals surface area contributed by atoms with E-state index in [-0.39, 0.29) is 41.8 Å². The molecule has 2 aromatic heterocycles. The summed E-state index contributed by atoms with van der Waals surface area (Å²) in [6.45, 7) is 8.12. The van der Waals surface area contributed by atoms with Crippen LogP contribution in [0.1, 0.15) is 32.2 Å². The number of ether oxygens (including phenoxy) is 2. The summed E-state index contributed by atoms with van der Waals surface area (Å²) < 4.78 is 78.2. The molecule has 0 aliphatic rings. The zero-order valence-corrected chi connectivity index (χ0v) is 26.6. The maximum atomic E-state index is 12.1.